The standard InChI is InChI=1S/C26H20ClN5O2/c27-21-14-29-26(31-24(21)18-8-4-7-17(11-18)16-5-2-1-3-6-16)30-19-12-22-25(28-13-19)34-15-20-9-10-23(33)32(20)22/h1-8,11-14,20H,9-10,15H2,(H,29,30,31)/t20-/m0/s1. The van der Waals surface area contributed by atoms with Gasteiger partial charge in [-0.3, -0.25) is 4.79 Å². The normalized spacial score (nSPS) is 16.6. The van der Waals surface area contributed by atoms with Crippen molar-refractivity contribution in [1.82, 2.24) is 15.0 Å². The number of rotatable bonds is 4. The Morgan fingerprint density at radius 2 is 1.79 bits per heavy atom. The lowest BCUT2D eigenvalue weighted by molar-refractivity contribution is -0.117. The van der Waals surface area contributed by atoms with Crippen LogP contribution in [0.1, 0.15) is 12.8 Å². The topological polar surface area (TPSA) is 80.2 Å². The highest BCUT2D eigenvalue weighted by Gasteiger charge is 2.38. The number of hydrogen-bond donors (Lipinski definition) is 1. The maximum Gasteiger partial charge on any atom is 0.238 e. The van der Waals surface area contributed by atoms with Gasteiger partial charge in [-0.15, -0.1) is 0 Å². The van der Waals surface area contributed by atoms with Crippen molar-refractivity contribution in [2.75, 3.05) is 16.8 Å². The lowest BCUT2D eigenvalue weighted by atomic mass is 10.0. The van der Waals surface area contributed by atoms with Gasteiger partial charge in [0.2, 0.25) is 17.7 Å². The first kappa shape index (κ1) is 20.6. The Hall–Kier alpha value is -3.97. The zero-order valence-corrected chi connectivity index (χ0v) is 18.9. The van der Waals surface area contributed by atoms with Crippen molar-refractivity contribution in [2.24, 2.45) is 0 Å². The molecule has 0 bridgehead atoms. The van der Waals surface area contributed by atoms with E-state index in [9.17, 15) is 4.79 Å². The van der Waals surface area contributed by atoms with Gasteiger partial charge in [0.25, 0.3) is 0 Å². The molecule has 0 saturated carbocycles. The molecule has 2 aliphatic heterocycles. The molecule has 4 heterocycles. The summed E-state index contributed by atoms with van der Waals surface area (Å²) in [5, 5.41) is 3.65. The van der Waals surface area contributed by atoms with Crippen LogP contribution in [0.2, 0.25) is 5.02 Å². The van der Waals surface area contributed by atoms with Crippen LogP contribution in [0.15, 0.2) is 73.1 Å². The summed E-state index contributed by atoms with van der Waals surface area (Å²) in [5.74, 6) is 0.941. The Balaban J connectivity index is 1.31. The molecule has 0 aliphatic carbocycles. The monoisotopic (exact) mass is 469 g/mol. The first-order valence-corrected chi connectivity index (χ1v) is 11.4. The minimum atomic E-state index is 0.0623. The van der Waals surface area contributed by atoms with Crippen LogP contribution < -0.4 is 15.0 Å². The van der Waals surface area contributed by atoms with Crippen LogP contribution >= 0.6 is 11.6 Å². The maximum atomic E-state index is 12.4. The third-order valence-electron chi connectivity index (χ3n) is 6.07. The molecule has 7 nitrogen and oxygen atoms in total. The molecule has 4 aromatic rings. The number of halogens is 1. The Kier molecular flexibility index (Phi) is 5.11. The van der Waals surface area contributed by atoms with Crippen molar-refractivity contribution in [3.63, 3.8) is 0 Å². The van der Waals surface area contributed by atoms with E-state index in [0.717, 1.165) is 23.1 Å². The molecule has 1 amide bonds. The minimum absolute atomic E-state index is 0.0623. The van der Waals surface area contributed by atoms with Crippen molar-refractivity contribution in [3.05, 3.63) is 78.1 Å². The number of amides is 1. The molecule has 1 N–H and O–H groups in total. The second-order valence-corrected chi connectivity index (χ2v) is 8.68. The fourth-order valence-corrected chi connectivity index (χ4v) is 4.64. The maximum absolute atomic E-state index is 12.4. The molecule has 168 valence electrons. The van der Waals surface area contributed by atoms with E-state index in [1.165, 1.54) is 0 Å². The lowest BCUT2D eigenvalue weighted by Gasteiger charge is -2.31. The molecule has 2 aromatic carbocycles. The van der Waals surface area contributed by atoms with Gasteiger partial charge >= 0.3 is 0 Å². The molecule has 6 rings (SSSR count). The van der Waals surface area contributed by atoms with Crippen LogP contribution in [0, 0.1) is 0 Å². The summed E-state index contributed by atoms with van der Waals surface area (Å²) in [6.07, 6.45) is 4.54. The predicted molar refractivity (Wildman–Crippen MR) is 131 cm³/mol. The van der Waals surface area contributed by atoms with Crippen molar-refractivity contribution >= 4 is 34.8 Å². The molecule has 0 radical (unpaired) electrons. The van der Waals surface area contributed by atoms with Crippen molar-refractivity contribution in [1.29, 1.82) is 0 Å². The molecule has 0 unspecified atom stereocenters. The van der Waals surface area contributed by atoms with E-state index in [1.807, 2.05) is 36.4 Å². The van der Waals surface area contributed by atoms with Gasteiger partial charge in [-0.1, -0.05) is 60.1 Å². The first-order valence-electron chi connectivity index (χ1n) is 11.1. The van der Waals surface area contributed by atoms with Crippen LogP contribution in [-0.2, 0) is 4.79 Å². The molecular formula is C26H20ClN5O2. The minimum Gasteiger partial charge on any atom is -0.474 e. The highest BCUT2D eigenvalue weighted by atomic mass is 35.5. The zero-order valence-electron chi connectivity index (χ0n) is 18.1. The Labute approximate surface area is 201 Å². The second kappa shape index (κ2) is 8.43. The molecule has 8 heteroatoms. The van der Waals surface area contributed by atoms with Crippen LogP contribution in [0.25, 0.3) is 22.4 Å². The van der Waals surface area contributed by atoms with Gasteiger partial charge in [-0.2, -0.15) is 0 Å². The third kappa shape index (κ3) is 3.74. The number of hydrogen-bond acceptors (Lipinski definition) is 6. The largest absolute Gasteiger partial charge is 0.474 e. The van der Waals surface area contributed by atoms with Crippen LogP contribution in [-0.4, -0.2) is 33.5 Å². The summed E-state index contributed by atoms with van der Waals surface area (Å²) in [6.45, 7) is 0.476. The van der Waals surface area contributed by atoms with E-state index in [0.29, 0.717) is 46.9 Å². The SMILES string of the molecule is O=C1CC[C@H]2COc3ncc(Nc4ncc(Cl)c(-c5cccc(-c6ccccc6)c5)n4)cc3N12. The van der Waals surface area contributed by atoms with Crippen molar-refractivity contribution in [3.8, 4) is 28.3 Å². The van der Waals surface area contributed by atoms with Crippen molar-refractivity contribution < 1.29 is 9.53 Å². The number of nitrogens with zero attached hydrogens (tertiary/aromatic N) is 4. The zero-order chi connectivity index (χ0) is 23.1. The molecule has 1 atom stereocenters. The van der Waals surface area contributed by atoms with Crippen LogP contribution in [0.3, 0.4) is 0 Å². The molecule has 2 aliphatic rings. The summed E-state index contributed by atoms with van der Waals surface area (Å²) in [7, 11) is 0. The van der Waals surface area contributed by atoms with Gasteiger partial charge < -0.3 is 15.0 Å². The van der Waals surface area contributed by atoms with E-state index in [1.54, 1.807) is 17.3 Å². The van der Waals surface area contributed by atoms with Gasteiger partial charge in [0.1, 0.15) is 12.3 Å². The summed E-state index contributed by atoms with van der Waals surface area (Å²) < 4.78 is 5.75. The Morgan fingerprint density at radius 3 is 2.68 bits per heavy atom. The molecule has 1 saturated heterocycles. The van der Waals surface area contributed by atoms with E-state index in [-0.39, 0.29) is 11.9 Å². The summed E-state index contributed by atoms with van der Waals surface area (Å²) in [4.78, 5) is 27.6. The highest BCUT2D eigenvalue weighted by Crippen LogP contribution is 2.39. The summed E-state index contributed by atoms with van der Waals surface area (Å²) in [5.41, 5.74) is 5.04. The average Bonchev–Trinajstić information content (AvgIpc) is 3.27. The highest BCUT2D eigenvalue weighted by molar-refractivity contribution is 6.32. The Bertz CT molecular complexity index is 1400. The van der Waals surface area contributed by atoms with Crippen LogP contribution in [0.5, 0.6) is 5.88 Å². The van der Waals surface area contributed by atoms with Crippen molar-refractivity contribution in [2.45, 2.75) is 18.9 Å². The quantitative estimate of drug-likeness (QED) is 0.425. The number of aromatic nitrogens is 3. The number of benzene rings is 2. The molecular weight excluding hydrogens is 450 g/mol. The number of pyridine rings is 1. The Morgan fingerprint density at radius 1 is 0.971 bits per heavy atom. The smallest absolute Gasteiger partial charge is 0.238 e. The number of nitrogens with one attached hydrogen (secondary N) is 1. The fourth-order valence-electron chi connectivity index (χ4n) is 4.44. The summed E-state index contributed by atoms with van der Waals surface area (Å²) >= 11 is 6.48. The number of carbonyl (C=O) groups is 1. The van der Waals surface area contributed by atoms with E-state index < -0.39 is 0 Å². The van der Waals surface area contributed by atoms with E-state index in [4.69, 9.17) is 16.3 Å². The van der Waals surface area contributed by atoms with Crippen LogP contribution in [0.4, 0.5) is 17.3 Å². The van der Waals surface area contributed by atoms with Gasteiger partial charge in [-0.25, -0.2) is 15.0 Å². The van der Waals surface area contributed by atoms with Gasteiger partial charge in [-0.05, 0) is 29.7 Å². The average molecular weight is 470 g/mol. The predicted octanol–water partition coefficient (Wildman–Crippen LogP) is 5.49. The molecule has 34 heavy (non-hydrogen) atoms. The van der Waals surface area contributed by atoms with Gasteiger partial charge in [0.05, 0.1) is 34.8 Å². The van der Waals surface area contributed by atoms with E-state index >= 15 is 0 Å². The molecule has 1 fully saturated rings. The number of ether oxygens (including phenoxy) is 1. The third-order valence-corrected chi connectivity index (χ3v) is 6.35. The van der Waals surface area contributed by atoms with E-state index in [2.05, 4.69) is 44.5 Å². The second-order valence-electron chi connectivity index (χ2n) is 8.28. The van der Waals surface area contributed by atoms with Gasteiger partial charge in [0, 0.05) is 12.0 Å². The number of carbonyl (C=O) groups excluding carboxylic acids is 1. The van der Waals surface area contributed by atoms with Gasteiger partial charge in [0.15, 0.2) is 0 Å². The lowest BCUT2D eigenvalue weighted by Crippen LogP contribution is -2.40. The molecule has 2 aromatic heterocycles. The fraction of sp³-hybridized carbons (Fsp3) is 0.154. The number of anilines is 3. The summed E-state index contributed by atoms with van der Waals surface area (Å²) in [6, 6.07) is 20.1. The number of fused-ring (bicyclic) bond motifs is 3. The molecule has 0 spiro atoms. The first-order chi connectivity index (χ1) is 16.7.